The number of benzene rings is 2. The van der Waals surface area contributed by atoms with Crippen LogP contribution in [0.25, 0.3) is 0 Å². The number of rotatable bonds is 4. The predicted molar refractivity (Wildman–Crippen MR) is 107 cm³/mol. The van der Waals surface area contributed by atoms with Gasteiger partial charge in [-0.2, -0.15) is 0 Å². The molecule has 0 aliphatic carbocycles. The number of carbonyl (C=O) groups excluding carboxylic acids is 2. The Bertz CT molecular complexity index is 950. The van der Waals surface area contributed by atoms with Gasteiger partial charge in [-0.3, -0.25) is 9.59 Å². The van der Waals surface area contributed by atoms with Gasteiger partial charge < -0.3 is 15.3 Å². The molecule has 152 valence electrons. The quantitative estimate of drug-likeness (QED) is 0.821. The normalized spacial score (nSPS) is 16.4. The summed E-state index contributed by atoms with van der Waals surface area (Å²) in [7, 11) is 0. The Morgan fingerprint density at radius 2 is 1.76 bits per heavy atom. The van der Waals surface area contributed by atoms with Gasteiger partial charge in [0.2, 0.25) is 0 Å². The molecule has 0 bridgehead atoms. The second-order valence-electron chi connectivity index (χ2n) is 7.31. The van der Waals surface area contributed by atoms with Crippen molar-refractivity contribution in [3.05, 3.63) is 64.5 Å². The zero-order valence-corrected chi connectivity index (χ0v) is 16.4. The van der Waals surface area contributed by atoms with Gasteiger partial charge >= 0.3 is 5.97 Å². The molecule has 7 heteroatoms. The standard InChI is InChI=1S/C22H23FN2O4/c1-13-10-16(11-14(2)19(13)23)20(26)24-17-7-5-6-15(12-17)21(27)25-9-4-3-8-18(25)22(28)29/h5-7,10-12,18H,3-4,8-9H2,1-2H3,(H,24,26)(H,28,29). The van der Waals surface area contributed by atoms with Crippen LogP contribution in [0.15, 0.2) is 36.4 Å². The highest BCUT2D eigenvalue weighted by molar-refractivity contribution is 6.05. The fourth-order valence-corrected chi connectivity index (χ4v) is 3.61. The molecule has 2 aromatic carbocycles. The summed E-state index contributed by atoms with van der Waals surface area (Å²) in [5.41, 5.74) is 1.79. The number of aryl methyl sites for hydroxylation is 2. The smallest absolute Gasteiger partial charge is 0.326 e. The second kappa shape index (κ2) is 8.43. The topological polar surface area (TPSA) is 86.7 Å². The van der Waals surface area contributed by atoms with Crippen LogP contribution in [-0.2, 0) is 4.79 Å². The molecule has 1 unspecified atom stereocenters. The Balaban J connectivity index is 1.79. The van der Waals surface area contributed by atoms with Gasteiger partial charge in [0.1, 0.15) is 11.9 Å². The fraction of sp³-hybridized carbons (Fsp3) is 0.318. The second-order valence-corrected chi connectivity index (χ2v) is 7.31. The molecule has 0 aromatic heterocycles. The van der Waals surface area contributed by atoms with E-state index in [1.54, 1.807) is 32.0 Å². The molecule has 3 rings (SSSR count). The van der Waals surface area contributed by atoms with Crippen molar-refractivity contribution in [2.24, 2.45) is 0 Å². The van der Waals surface area contributed by atoms with Crippen molar-refractivity contribution in [2.75, 3.05) is 11.9 Å². The van der Waals surface area contributed by atoms with Gasteiger partial charge in [-0.1, -0.05) is 6.07 Å². The summed E-state index contributed by atoms with van der Waals surface area (Å²) >= 11 is 0. The van der Waals surface area contributed by atoms with Gasteiger partial charge in [0.15, 0.2) is 0 Å². The van der Waals surface area contributed by atoms with E-state index < -0.39 is 17.9 Å². The molecule has 1 heterocycles. The zero-order valence-electron chi connectivity index (χ0n) is 16.4. The van der Waals surface area contributed by atoms with E-state index in [2.05, 4.69) is 5.32 Å². The average molecular weight is 398 g/mol. The van der Waals surface area contributed by atoms with Gasteiger partial charge in [-0.25, -0.2) is 9.18 Å². The van der Waals surface area contributed by atoms with Crippen LogP contribution in [0.5, 0.6) is 0 Å². The number of anilines is 1. The highest BCUT2D eigenvalue weighted by Crippen LogP contribution is 2.22. The predicted octanol–water partition coefficient (Wildman–Crippen LogP) is 3.77. The monoisotopic (exact) mass is 398 g/mol. The number of hydrogen-bond donors (Lipinski definition) is 2. The van der Waals surface area contributed by atoms with E-state index in [-0.39, 0.29) is 11.7 Å². The molecule has 1 saturated heterocycles. The molecular weight excluding hydrogens is 375 g/mol. The van der Waals surface area contributed by atoms with Crippen LogP contribution in [0.2, 0.25) is 0 Å². The number of nitrogens with one attached hydrogen (secondary N) is 1. The van der Waals surface area contributed by atoms with Crippen LogP contribution in [-0.4, -0.2) is 40.4 Å². The molecule has 0 radical (unpaired) electrons. The highest BCUT2D eigenvalue weighted by atomic mass is 19.1. The van der Waals surface area contributed by atoms with Gasteiger partial charge in [-0.15, -0.1) is 0 Å². The first-order valence-corrected chi connectivity index (χ1v) is 9.50. The third-order valence-corrected chi connectivity index (χ3v) is 5.11. The first-order chi connectivity index (χ1) is 13.8. The number of nitrogens with zero attached hydrogens (tertiary/aromatic N) is 1. The number of likely N-dealkylation sites (tertiary alicyclic amines) is 1. The molecule has 29 heavy (non-hydrogen) atoms. The van der Waals surface area contributed by atoms with E-state index >= 15 is 0 Å². The number of carboxylic acid groups (broad SMARTS) is 1. The lowest BCUT2D eigenvalue weighted by Crippen LogP contribution is -2.48. The molecule has 6 nitrogen and oxygen atoms in total. The van der Waals surface area contributed by atoms with E-state index in [0.29, 0.717) is 40.9 Å². The Kier molecular flexibility index (Phi) is 5.96. The lowest BCUT2D eigenvalue weighted by molar-refractivity contribution is -0.143. The highest BCUT2D eigenvalue weighted by Gasteiger charge is 2.32. The maximum atomic E-state index is 13.8. The Labute approximate surface area is 168 Å². The number of piperidine rings is 1. The summed E-state index contributed by atoms with van der Waals surface area (Å²) in [6, 6.07) is 8.50. The summed E-state index contributed by atoms with van der Waals surface area (Å²) < 4.78 is 13.8. The molecule has 0 saturated carbocycles. The minimum absolute atomic E-state index is 0.308. The van der Waals surface area contributed by atoms with Crippen LogP contribution in [0.3, 0.4) is 0 Å². The molecule has 1 atom stereocenters. The molecule has 0 spiro atoms. The van der Waals surface area contributed by atoms with Gasteiger partial charge in [0.25, 0.3) is 11.8 Å². The molecule has 1 aliphatic rings. The van der Waals surface area contributed by atoms with Crippen LogP contribution in [0.1, 0.15) is 51.1 Å². The minimum atomic E-state index is -1.01. The van der Waals surface area contributed by atoms with Crippen LogP contribution >= 0.6 is 0 Å². The SMILES string of the molecule is Cc1cc(C(=O)Nc2cccc(C(=O)N3CCCCC3C(=O)O)c2)cc(C)c1F. The van der Waals surface area contributed by atoms with Crippen molar-refractivity contribution >= 4 is 23.5 Å². The molecule has 1 fully saturated rings. The summed E-state index contributed by atoms with van der Waals surface area (Å²) in [5.74, 6) is -2.14. The van der Waals surface area contributed by atoms with Crippen molar-refractivity contribution in [1.29, 1.82) is 0 Å². The number of hydrogen-bond acceptors (Lipinski definition) is 3. The van der Waals surface area contributed by atoms with Crippen molar-refractivity contribution in [2.45, 2.75) is 39.2 Å². The van der Waals surface area contributed by atoms with Gasteiger partial charge in [0.05, 0.1) is 0 Å². The Morgan fingerprint density at radius 1 is 1.07 bits per heavy atom. The van der Waals surface area contributed by atoms with Crippen LogP contribution < -0.4 is 5.32 Å². The number of amides is 2. The largest absolute Gasteiger partial charge is 0.480 e. The van der Waals surface area contributed by atoms with Crippen LogP contribution in [0, 0.1) is 19.7 Å². The number of halogens is 1. The molecule has 1 aliphatic heterocycles. The zero-order chi connectivity index (χ0) is 21.1. The summed E-state index contributed by atoms with van der Waals surface area (Å²) in [6.45, 7) is 3.58. The summed E-state index contributed by atoms with van der Waals surface area (Å²) in [6.07, 6.45) is 1.96. The molecule has 2 aromatic rings. The maximum Gasteiger partial charge on any atom is 0.326 e. The first-order valence-electron chi connectivity index (χ1n) is 9.50. The Morgan fingerprint density at radius 3 is 2.41 bits per heavy atom. The van der Waals surface area contributed by atoms with E-state index in [4.69, 9.17) is 0 Å². The Hall–Kier alpha value is -3.22. The minimum Gasteiger partial charge on any atom is -0.480 e. The van der Waals surface area contributed by atoms with Crippen LogP contribution in [0.4, 0.5) is 10.1 Å². The number of aliphatic carboxylic acids is 1. The third-order valence-electron chi connectivity index (χ3n) is 5.11. The van der Waals surface area contributed by atoms with E-state index in [1.807, 2.05) is 0 Å². The molecule has 2 N–H and O–H groups in total. The van der Waals surface area contributed by atoms with Crippen molar-refractivity contribution < 1.29 is 23.9 Å². The summed E-state index contributed by atoms with van der Waals surface area (Å²) in [5, 5.41) is 12.1. The number of carboxylic acids is 1. The number of carbonyl (C=O) groups is 3. The van der Waals surface area contributed by atoms with Crippen molar-refractivity contribution in [3.63, 3.8) is 0 Å². The lowest BCUT2D eigenvalue weighted by atomic mass is 10.0. The van der Waals surface area contributed by atoms with Crippen molar-refractivity contribution in [3.8, 4) is 0 Å². The summed E-state index contributed by atoms with van der Waals surface area (Å²) in [4.78, 5) is 38.3. The maximum absolute atomic E-state index is 13.8. The first kappa shape index (κ1) is 20.5. The lowest BCUT2D eigenvalue weighted by Gasteiger charge is -2.33. The van der Waals surface area contributed by atoms with Gasteiger partial charge in [0, 0.05) is 23.4 Å². The van der Waals surface area contributed by atoms with Crippen molar-refractivity contribution in [1.82, 2.24) is 4.90 Å². The fourth-order valence-electron chi connectivity index (χ4n) is 3.61. The van der Waals surface area contributed by atoms with E-state index in [9.17, 15) is 23.9 Å². The van der Waals surface area contributed by atoms with Gasteiger partial charge in [-0.05, 0) is 74.6 Å². The average Bonchev–Trinajstić information content (AvgIpc) is 2.71. The molecule has 2 amide bonds. The molecular formula is C22H23FN2O4. The third kappa shape index (κ3) is 4.45. The van der Waals surface area contributed by atoms with E-state index in [0.717, 1.165) is 12.8 Å². The van der Waals surface area contributed by atoms with E-state index in [1.165, 1.54) is 23.1 Å².